The van der Waals surface area contributed by atoms with Crippen molar-refractivity contribution in [2.75, 3.05) is 37.9 Å². The highest BCUT2D eigenvalue weighted by atomic mass is 16.5. The van der Waals surface area contributed by atoms with Crippen LogP contribution in [0.5, 0.6) is 0 Å². The van der Waals surface area contributed by atoms with Gasteiger partial charge in [-0.15, -0.1) is 0 Å². The predicted molar refractivity (Wildman–Crippen MR) is 151 cm³/mol. The third kappa shape index (κ3) is 5.81. The molecule has 0 aromatic heterocycles. The first-order chi connectivity index (χ1) is 18.6. The Hall–Kier alpha value is -2.70. The van der Waals surface area contributed by atoms with Gasteiger partial charge in [-0.3, -0.25) is 9.59 Å². The van der Waals surface area contributed by atoms with Crippen LogP contribution in [0.1, 0.15) is 96.1 Å². The summed E-state index contributed by atoms with van der Waals surface area (Å²) in [4.78, 5) is 27.4. The van der Waals surface area contributed by atoms with Crippen molar-refractivity contribution in [3.8, 4) is 0 Å². The fourth-order valence-electron chi connectivity index (χ4n) is 6.67. The maximum atomic E-state index is 13.7. The second-order valence-corrected chi connectivity index (χ2v) is 11.3. The summed E-state index contributed by atoms with van der Waals surface area (Å²) in [6.45, 7) is 1.59. The van der Waals surface area contributed by atoms with Crippen LogP contribution in [0.2, 0.25) is 0 Å². The molecule has 3 aliphatic carbocycles. The van der Waals surface area contributed by atoms with Crippen LogP contribution < -0.4 is 10.6 Å². The topological polar surface area (TPSA) is 76.7 Å². The lowest BCUT2D eigenvalue weighted by Crippen LogP contribution is -2.25. The third-order valence-electron chi connectivity index (χ3n) is 9.06. The Morgan fingerprint density at radius 3 is 1.39 bits per heavy atom. The molecule has 2 N–H and O–H groups in total. The molecule has 0 saturated heterocycles. The number of nitrogens with one attached hydrogen (secondary N) is 2. The minimum atomic E-state index is -0.0696. The summed E-state index contributed by atoms with van der Waals surface area (Å²) in [5.41, 5.74) is 3.56. The highest BCUT2D eigenvalue weighted by Gasteiger charge is 2.33. The molecule has 0 heterocycles. The van der Waals surface area contributed by atoms with E-state index in [0.29, 0.717) is 46.3 Å². The number of carbonyl (C=O) groups excluding carboxylic acids is 2. The Morgan fingerprint density at radius 2 is 1.03 bits per heavy atom. The molecule has 3 aliphatic rings. The van der Waals surface area contributed by atoms with Crippen molar-refractivity contribution in [2.45, 2.75) is 76.4 Å². The van der Waals surface area contributed by atoms with Crippen molar-refractivity contribution in [1.82, 2.24) is 0 Å². The van der Waals surface area contributed by atoms with E-state index < -0.39 is 0 Å². The molecular weight excluding hydrogens is 476 g/mol. The zero-order valence-electron chi connectivity index (χ0n) is 22.9. The molecule has 0 unspecified atom stereocenters. The van der Waals surface area contributed by atoms with Gasteiger partial charge in [-0.2, -0.15) is 0 Å². The van der Waals surface area contributed by atoms with E-state index >= 15 is 0 Å². The molecule has 6 nitrogen and oxygen atoms in total. The molecular formula is C32H42N2O4. The van der Waals surface area contributed by atoms with Crippen LogP contribution in [0.4, 0.5) is 11.4 Å². The third-order valence-corrected chi connectivity index (χ3v) is 9.06. The molecule has 2 fully saturated rings. The first-order valence-electron chi connectivity index (χ1n) is 14.5. The van der Waals surface area contributed by atoms with E-state index in [1.807, 2.05) is 24.3 Å². The Balaban J connectivity index is 1.23. The zero-order valence-corrected chi connectivity index (χ0v) is 22.9. The van der Waals surface area contributed by atoms with E-state index in [2.05, 4.69) is 10.6 Å². The number of ether oxygens (including phenoxy) is 2. The Labute approximate surface area is 226 Å². The van der Waals surface area contributed by atoms with Crippen LogP contribution in [-0.2, 0) is 9.47 Å². The number of methoxy groups -OCH3 is 2. The van der Waals surface area contributed by atoms with Gasteiger partial charge in [-0.05, 0) is 88.2 Å². The van der Waals surface area contributed by atoms with Crippen molar-refractivity contribution < 1.29 is 19.1 Å². The SMILES string of the molecule is COC1CCC(CCNc2cccc3c2C(=O)c2cccc(NCCC4CCC(OC)CC4)c2C3=O)CC1. The molecule has 5 rings (SSSR count). The average Bonchev–Trinajstić information content (AvgIpc) is 2.96. The fraction of sp³-hybridized carbons (Fsp3) is 0.562. The first kappa shape index (κ1) is 26.9. The summed E-state index contributed by atoms with van der Waals surface area (Å²) >= 11 is 0. The van der Waals surface area contributed by atoms with Gasteiger partial charge in [0.1, 0.15) is 0 Å². The minimum Gasteiger partial charge on any atom is -0.384 e. The molecule has 0 bridgehead atoms. The van der Waals surface area contributed by atoms with Crippen molar-refractivity contribution in [3.05, 3.63) is 58.7 Å². The molecule has 38 heavy (non-hydrogen) atoms. The average molecular weight is 519 g/mol. The highest BCUT2D eigenvalue weighted by Crippen LogP contribution is 2.36. The van der Waals surface area contributed by atoms with Crippen molar-refractivity contribution in [3.63, 3.8) is 0 Å². The van der Waals surface area contributed by atoms with Crippen molar-refractivity contribution in [2.24, 2.45) is 11.8 Å². The second kappa shape index (κ2) is 12.4. The Morgan fingerprint density at radius 1 is 0.632 bits per heavy atom. The van der Waals surface area contributed by atoms with Crippen molar-refractivity contribution in [1.29, 1.82) is 0 Å². The van der Waals surface area contributed by atoms with Crippen LogP contribution in [0, 0.1) is 11.8 Å². The number of ketones is 2. The van der Waals surface area contributed by atoms with Gasteiger partial charge in [0.15, 0.2) is 11.6 Å². The summed E-state index contributed by atoms with van der Waals surface area (Å²) < 4.78 is 11.0. The van der Waals surface area contributed by atoms with Gasteiger partial charge in [0.2, 0.25) is 0 Å². The van der Waals surface area contributed by atoms with Crippen molar-refractivity contribution >= 4 is 22.9 Å². The summed E-state index contributed by atoms with van der Waals surface area (Å²) in [7, 11) is 3.60. The summed E-state index contributed by atoms with van der Waals surface area (Å²) in [6, 6.07) is 11.2. The van der Waals surface area contributed by atoms with Crippen LogP contribution >= 0.6 is 0 Å². The van der Waals surface area contributed by atoms with Crippen LogP contribution in [0.15, 0.2) is 36.4 Å². The standard InChI is InChI=1S/C32H42N2O4/c1-37-23-13-9-21(10-14-23)17-19-33-27-7-3-5-25-29(27)31(35)26-6-4-8-28(30(26)32(25)36)34-20-18-22-11-15-24(38-2)16-12-22/h3-8,21-24,33-34H,9-20H2,1-2H3. The molecule has 2 saturated carbocycles. The Kier molecular flexibility index (Phi) is 8.80. The number of anilines is 2. The quantitative estimate of drug-likeness (QED) is 0.320. The maximum Gasteiger partial charge on any atom is 0.196 e. The number of rotatable bonds is 10. The molecule has 2 aromatic carbocycles. The summed E-state index contributed by atoms with van der Waals surface area (Å²) in [5, 5.41) is 6.98. The zero-order chi connectivity index (χ0) is 26.5. The van der Waals surface area contributed by atoms with E-state index in [1.165, 1.54) is 25.7 Å². The molecule has 2 aromatic rings. The molecule has 0 amide bonds. The van der Waals surface area contributed by atoms with Gasteiger partial charge < -0.3 is 20.1 Å². The molecule has 0 spiro atoms. The van der Waals surface area contributed by atoms with E-state index in [0.717, 1.165) is 63.0 Å². The molecule has 0 atom stereocenters. The van der Waals surface area contributed by atoms with Crippen LogP contribution in [0.25, 0.3) is 0 Å². The van der Waals surface area contributed by atoms with E-state index in [1.54, 1.807) is 26.4 Å². The Bertz CT molecular complexity index is 1040. The summed E-state index contributed by atoms with van der Waals surface area (Å²) in [5.74, 6) is 1.21. The lowest BCUT2D eigenvalue weighted by atomic mass is 9.82. The number of benzene rings is 2. The minimum absolute atomic E-state index is 0.0696. The van der Waals surface area contributed by atoms with Gasteiger partial charge in [0, 0.05) is 49.8 Å². The number of hydrogen-bond donors (Lipinski definition) is 2. The van der Waals surface area contributed by atoms with E-state index in [9.17, 15) is 9.59 Å². The fourth-order valence-corrected chi connectivity index (χ4v) is 6.67. The monoisotopic (exact) mass is 518 g/mol. The van der Waals surface area contributed by atoms with E-state index in [-0.39, 0.29) is 11.6 Å². The van der Waals surface area contributed by atoms with Gasteiger partial charge >= 0.3 is 0 Å². The van der Waals surface area contributed by atoms with Crippen LogP contribution in [-0.4, -0.2) is 51.1 Å². The molecule has 204 valence electrons. The normalized spacial score (nSPS) is 25.0. The predicted octanol–water partition coefficient (Wildman–Crippen LogP) is 6.48. The lowest BCUT2D eigenvalue weighted by Gasteiger charge is -2.28. The van der Waals surface area contributed by atoms with Gasteiger partial charge in [-0.25, -0.2) is 0 Å². The number of fused-ring (bicyclic) bond motifs is 2. The lowest BCUT2D eigenvalue weighted by molar-refractivity contribution is 0.0560. The van der Waals surface area contributed by atoms with E-state index in [4.69, 9.17) is 9.47 Å². The smallest absolute Gasteiger partial charge is 0.196 e. The molecule has 6 heteroatoms. The van der Waals surface area contributed by atoms with Crippen LogP contribution in [0.3, 0.4) is 0 Å². The van der Waals surface area contributed by atoms with Gasteiger partial charge in [0.05, 0.1) is 23.3 Å². The first-order valence-corrected chi connectivity index (χ1v) is 14.5. The maximum absolute atomic E-state index is 13.7. The van der Waals surface area contributed by atoms with Gasteiger partial charge in [-0.1, -0.05) is 24.3 Å². The number of hydrogen-bond acceptors (Lipinski definition) is 6. The molecule has 0 aliphatic heterocycles. The largest absolute Gasteiger partial charge is 0.384 e. The second-order valence-electron chi connectivity index (χ2n) is 11.3. The van der Waals surface area contributed by atoms with Gasteiger partial charge in [0.25, 0.3) is 0 Å². The summed E-state index contributed by atoms with van der Waals surface area (Å²) in [6.07, 6.45) is 12.1. The highest BCUT2D eigenvalue weighted by molar-refractivity contribution is 6.31. The number of carbonyl (C=O) groups is 2. The molecule has 0 radical (unpaired) electrons.